The first-order valence-corrected chi connectivity index (χ1v) is 9.85. The summed E-state index contributed by atoms with van der Waals surface area (Å²) in [4.78, 5) is 32.7. The second-order valence-corrected chi connectivity index (χ2v) is 7.89. The molecule has 2 aromatic heterocycles. The van der Waals surface area contributed by atoms with E-state index in [4.69, 9.17) is 5.26 Å². The number of benzene rings is 1. The van der Waals surface area contributed by atoms with Crippen LogP contribution in [-0.2, 0) is 10.2 Å². The number of hydrogen-bond acceptors (Lipinski definition) is 5. The maximum atomic E-state index is 14.3. The first-order valence-electron chi connectivity index (χ1n) is 9.85. The van der Waals surface area contributed by atoms with E-state index in [1.165, 1.54) is 12.3 Å². The Hall–Kier alpha value is -4.11. The largest absolute Gasteiger partial charge is 0.347 e. The summed E-state index contributed by atoms with van der Waals surface area (Å²) in [5.74, 6) is -1.93. The average molecular weight is 433 g/mol. The van der Waals surface area contributed by atoms with Crippen LogP contribution >= 0.6 is 0 Å². The van der Waals surface area contributed by atoms with Crippen LogP contribution < -0.4 is 10.9 Å². The third-order valence-electron chi connectivity index (χ3n) is 5.91. The number of carbonyl (C=O) groups is 1. The van der Waals surface area contributed by atoms with Crippen molar-refractivity contribution < 1.29 is 13.6 Å². The molecule has 4 rings (SSSR count). The number of aromatic amines is 1. The van der Waals surface area contributed by atoms with Crippen molar-refractivity contribution >= 4 is 16.8 Å². The number of pyridine rings is 2. The van der Waals surface area contributed by atoms with Gasteiger partial charge in [-0.25, -0.2) is 8.78 Å². The molecule has 1 amide bonds. The third-order valence-corrected chi connectivity index (χ3v) is 5.91. The second kappa shape index (κ2) is 7.54. The Labute approximate surface area is 181 Å². The summed E-state index contributed by atoms with van der Waals surface area (Å²) < 4.78 is 28.5. The number of nitrogens with one attached hydrogen (secondary N) is 2. The van der Waals surface area contributed by atoms with Gasteiger partial charge in [0.15, 0.2) is 0 Å². The maximum absolute atomic E-state index is 14.3. The summed E-state index contributed by atoms with van der Waals surface area (Å²) in [5, 5.41) is 21.2. The van der Waals surface area contributed by atoms with E-state index < -0.39 is 34.6 Å². The molecule has 1 aliphatic carbocycles. The Balaban J connectivity index is 1.74. The minimum Gasteiger partial charge on any atom is -0.347 e. The summed E-state index contributed by atoms with van der Waals surface area (Å²) >= 11 is 0. The summed E-state index contributed by atoms with van der Waals surface area (Å²) in [6.45, 7) is 3.14. The molecular formula is C23H17F2N5O2. The van der Waals surface area contributed by atoms with Crippen LogP contribution in [-0.4, -0.2) is 15.9 Å². The Bertz CT molecular complexity index is 1430. The van der Waals surface area contributed by atoms with E-state index in [0.29, 0.717) is 23.9 Å². The van der Waals surface area contributed by atoms with Crippen LogP contribution in [0, 0.1) is 41.2 Å². The quantitative estimate of drug-likeness (QED) is 0.654. The lowest BCUT2D eigenvalue weighted by Crippen LogP contribution is -2.40. The fourth-order valence-electron chi connectivity index (χ4n) is 4.18. The van der Waals surface area contributed by atoms with Crippen molar-refractivity contribution in [3.05, 3.63) is 74.3 Å². The predicted octanol–water partition coefficient (Wildman–Crippen LogP) is 3.16. The standard InChI is InChI=1S/C23H17F2N5O2/c1-11-18-14(9-27)15(24)3-4-17(18)30-21(31)19(11)23(5-6-23)22(32)29-12(2)20-16(25)7-13(8-26)10-28-20/h3-4,7,10,12H,5-6H2,1-2H3,(H,29,32)(H,30,31)/t12-/m1/s1. The third kappa shape index (κ3) is 3.19. The zero-order valence-electron chi connectivity index (χ0n) is 17.2. The highest BCUT2D eigenvalue weighted by Gasteiger charge is 2.54. The van der Waals surface area contributed by atoms with Gasteiger partial charge in [0.05, 0.1) is 33.8 Å². The summed E-state index contributed by atoms with van der Waals surface area (Å²) in [5.41, 5.74) is -0.995. The lowest BCUT2D eigenvalue weighted by Gasteiger charge is -2.22. The molecule has 0 radical (unpaired) electrons. The number of fused-ring (bicyclic) bond motifs is 1. The smallest absolute Gasteiger partial charge is 0.252 e. The molecule has 32 heavy (non-hydrogen) atoms. The molecule has 0 saturated heterocycles. The molecule has 160 valence electrons. The van der Waals surface area contributed by atoms with Crippen LogP contribution in [0.1, 0.15) is 53.8 Å². The number of hydrogen-bond donors (Lipinski definition) is 2. The van der Waals surface area contributed by atoms with Gasteiger partial charge in [0.2, 0.25) is 5.91 Å². The lowest BCUT2D eigenvalue weighted by molar-refractivity contribution is -0.124. The van der Waals surface area contributed by atoms with Crippen molar-refractivity contribution in [2.24, 2.45) is 0 Å². The molecule has 1 aliphatic rings. The molecular weight excluding hydrogens is 416 g/mol. The molecule has 0 spiro atoms. The van der Waals surface area contributed by atoms with Gasteiger partial charge in [-0.05, 0) is 50.5 Å². The van der Waals surface area contributed by atoms with Gasteiger partial charge < -0.3 is 10.3 Å². The van der Waals surface area contributed by atoms with Crippen LogP contribution in [0.15, 0.2) is 29.2 Å². The highest BCUT2D eigenvalue weighted by molar-refractivity contribution is 5.95. The van der Waals surface area contributed by atoms with Gasteiger partial charge in [0.1, 0.15) is 23.8 Å². The molecule has 9 heteroatoms. The number of nitriles is 2. The molecule has 1 fully saturated rings. The fourth-order valence-corrected chi connectivity index (χ4v) is 4.18. The molecule has 1 aromatic carbocycles. The zero-order chi connectivity index (χ0) is 23.2. The molecule has 0 unspecified atom stereocenters. The summed E-state index contributed by atoms with van der Waals surface area (Å²) in [7, 11) is 0. The van der Waals surface area contributed by atoms with Gasteiger partial charge in [-0.1, -0.05) is 0 Å². The first-order chi connectivity index (χ1) is 15.2. The normalized spacial score (nSPS) is 14.9. The number of rotatable bonds is 4. The highest BCUT2D eigenvalue weighted by atomic mass is 19.1. The van der Waals surface area contributed by atoms with E-state index in [2.05, 4.69) is 15.3 Å². The highest BCUT2D eigenvalue weighted by Crippen LogP contribution is 2.49. The van der Waals surface area contributed by atoms with Gasteiger partial charge in [-0.2, -0.15) is 10.5 Å². The van der Waals surface area contributed by atoms with Gasteiger partial charge in [-0.3, -0.25) is 14.6 Å². The number of halogens is 2. The Morgan fingerprint density at radius 1 is 1.25 bits per heavy atom. The van der Waals surface area contributed by atoms with E-state index in [1.54, 1.807) is 19.9 Å². The SMILES string of the molecule is Cc1c(C2(C(=O)N[C@H](C)c3ncc(C#N)cc3F)CC2)c(=O)[nH]c2ccc(F)c(C#N)c12. The number of carbonyl (C=O) groups excluding carboxylic acids is 1. The molecule has 0 bridgehead atoms. The van der Waals surface area contributed by atoms with Gasteiger partial charge >= 0.3 is 0 Å². The number of nitrogens with zero attached hydrogens (tertiary/aromatic N) is 3. The van der Waals surface area contributed by atoms with Gasteiger partial charge in [0.25, 0.3) is 5.56 Å². The van der Waals surface area contributed by atoms with Crippen LogP contribution in [0.5, 0.6) is 0 Å². The lowest BCUT2D eigenvalue weighted by atomic mass is 9.88. The minimum absolute atomic E-state index is 0.0360. The van der Waals surface area contributed by atoms with Crippen LogP contribution in [0.2, 0.25) is 0 Å². The van der Waals surface area contributed by atoms with Crippen molar-refractivity contribution in [3.63, 3.8) is 0 Å². The van der Waals surface area contributed by atoms with Crippen LogP contribution in [0.4, 0.5) is 8.78 Å². The van der Waals surface area contributed by atoms with Crippen molar-refractivity contribution in [2.75, 3.05) is 0 Å². The Morgan fingerprint density at radius 2 is 1.97 bits per heavy atom. The molecule has 7 nitrogen and oxygen atoms in total. The number of amides is 1. The van der Waals surface area contributed by atoms with Crippen molar-refractivity contribution in [1.29, 1.82) is 10.5 Å². The van der Waals surface area contributed by atoms with Crippen LogP contribution in [0.25, 0.3) is 10.9 Å². The monoisotopic (exact) mass is 433 g/mol. The van der Waals surface area contributed by atoms with Crippen molar-refractivity contribution in [3.8, 4) is 12.1 Å². The summed E-state index contributed by atoms with van der Waals surface area (Å²) in [6, 6.07) is 6.32. The fraction of sp³-hybridized carbons (Fsp3) is 0.261. The minimum atomic E-state index is -1.16. The molecule has 2 N–H and O–H groups in total. The van der Waals surface area contributed by atoms with E-state index >= 15 is 0 Å². The van der Waals surface area contributed by atoms with E-state index in [9.17, 15) is 23.6 Å². The van der Waals surface area contributed by atoms with Crippen molar-refractivity contribution in [2.45, 2.75) is 38.1 Å². The van der Waals surface area contributed by atoms with Crippen molar-refractivity contribution in [1.82, 2.24) is 15.3 Å². The molecule has 1 atom stereocenters. The first kappa shape index (κ1) is 21.1. The van der Waals surface area contributed by atoms with E-state index in [1.807, 2.05) is 6.07 Å². The maximum Gasteiger partial charge on any atom is 0.252 e. The Kier molecular flexibility index (Phi) is 4.98. The molecule has 2 heterocycles. The molecule has 1 saturated carbocycles. The summed E-state index contributed by atoms with van der Waals surface area (Å²) in [6.07, 6.45) is 1.97. The number of aromatic nitrogens is 2. The van der Waals surface area contributed by atoms with E-state index in [0.717, 1.165) is 12.1 Å². The Morgan fingerprint density at radius 3 is 2.56 bits per heavy atom. The number of aryl methyl sites for hydroxylation is 1. The second-order valence-electron chi connectivity index (χ2n) is 7.89. The average Bonchev–Trinajstić information content (AvgIpc) is 3.55. The van der Waals surface area contributed by atoms with Crippen LogP contribution in [0.3, 0.4) is 0 Å². The van der Waals surface area contributed by atoms with Gasteiger partial charge in [0, 0.05) is 17.1 Å². The topological polar surface area (TPSA) is 122 Å². The number of H-pyrrole nitrogens is 1. The van der Waals surface area contributed by atoms with E-state index in [-0.39, 0.29) is 27.8 Å². The van der Waals surface area contributed by atoms with Gasteiger partial charge in [-0.15, -0.1) is 0 Å². The molecule has 3 aromatic rings. The molecule has 0 aliphatic heterocycles. The zero-order valence-corrected chi connectivity index (χ0v) is 17.2. The predicted molar refractivity (Wildman–Crippen MR) is 110 cm³/mol.